The summed E-state index contributed by atoms with van der Waals surface area (Å²) in [4.78, 5) is 10.2. The van der Waals surface area contributed by atoms with E-state index in [1.165, 1.54) is 17.7 Å². The average Bonchev–Trinajstić information content (AvgIpc) is 2.74. The Kier molecular flexibility index (Phi) is 6.98. The highest BCUT2D eigenvalue weighted by atomic mass is 16.6. The summed E-state index contributed by atoms with van der Waals surface area (Å²) in [6, 6.07) is 24.6. The monoisotopic (exact) mass is 377 g/mol. The molecule has 0 heterocycles. The molecule has 0 aromatic heterocycles. The third-order valence-electron chi connectivity index (χ3n) is 4.21. The van der Waals surface area contributed by atoms with E-state index < -0.39 is 4.92 Å². The second-order valence-electron chi connectivity index (χ2n) is 6.33. The molecule has 0 aliphatic heterocycles. The smallest absolute Gasteiger partial charge is 0.269 e. The van der Waals surface area contributed by atoms with Crippen LogP contribution in [0.3, 0.4) is 0 Å². The molecule has 6 heteroatoms. The van der Waals surface area contributed by atoms with Gasteiger partial charge in [-0.05, 0) is 35.4 Å². The number of nitro benzene ring substituents is 1. The van der Waals surface area contributed by atoms with Gasteiger partial charge >= 0.3 is 0 Å². The summed E-state index contributed by atoms with van der Waals surface area (Å²) in [6.45, 7) is 2.84. The topological polar surface area (TPSA) is 76.4 Å². The highest BCUT2D eigenvalue weighted by Gasteiger charge is 2.03. The van der Waals surface area contributed by atoms with Crippen molar-refractivity contribution >= 4 is 11.4 Å². The summed E-state index contributed by atoms with van der Waals surface area (Å²) in [7, 11) is 0. The standard InChI is InChI=1S/C22H23N3O3/c26-25(27)21-10-8-20(9-11-21)24-15-14-23-16-18-6-12-22(13-7-18)28-17-19-4-2-1-3-5-19/h1-13,23-24H,14-17H2. The molecular weight excluding hydrogens is 354 g/mol. The fourth-order valence-corrected chi connectivity index (χ4v) is 2.67. The van der Waals surface area contributed by atoms with E-state index in [1.807, 2.05) is 42.5 Å². The Hall–Kier alpha value is -3.38. The second kappa shape index (κ2) is 10.1. The van der Waals surface area contributed by atoms with Gasteiger partial charge in [0.1, 0.15) is 12.4 Å². The highest BCUT2D eigenvalue weighted by Crippen LogP contribution is 2.15. The van der Waals surface area contributed by atoms with Gasteiger partial charge < -0.3 is 15.4 Å². The Morgan fingerprint density at radius 2 is 1.54 bits per heavy atom. The number of ether oxygens (including phenoxy) is 1. The van der Waals surface area contributed by atoms with Gasteiger partial charge in [0.05, 0.1) is 4.92 Å². The molecule has 2 N–H and O–H groups in total. The zero-order valence-corrected chi connectivity index (χ0v) is 15.5. The van der Waals surface area contributed by atoms with Crippen molar-refractivity contribution in [3.8, 4) is 5.75 Å². The van der Waals surface area contributed by atoms with Crippen LogP contribution in [0.25, 0.3) is 0 Å². The molecule has 6 nitrogen and oxygen atoms in total. The Bertz CT molecular complexity index is 866. The molecule has 3 aromatic rings. The van der Waals surface area contributed by atoms with E-state index in [2.05, 4.69) is 22.8 Å². The number of nitro groups is 1. The van der Waals surface area contributed by atoms with Crippen molar-refractivity contribution in [2.45, 2.75) is 13.2 Å². The number of anilines is 1. The molecule has 3 aromatic carbocycles. The van der Waals surface area contributed by atoms with Crippen LogP contribution in [-0.4, -0.2) is 18.0 Å². The largest absolute Gasteiger partial charge is 0.489 e. The summed E-state index contributed by atoms with van der Waals surface area (Å²) in [5, 5.41) is 17.2. The molecule has 0 aliphatic carbocycles. The van der Waals surface area contributed by atoms with E-state index in [4.69, 9.17) is 4.74 Å². The molecule has 0 unspecified atom stereocenters. The van der Waals surface area contributed by atoms with Crippen LogP contribution in [0, 0.1) is 10.1 Å². The van der Waals surface area contributed by atoms with Crippen molar-refractivity contribution in [2.75, 3.05) is 18.4 Å². The molecule has 28 heavy (non-hydrogen) atoms. The molecule has 0 aliphatic rings. The van der Waals surface area contributed by atoms with Crippen molar-refractivity contribution in [3.63, 3.8) is 0 Å². The first kappa shape index (κ1) is 19.4. The molecule has 0 amide bonds. The third-order valence-corrected chi connectivity index (χ3v) is 4.21. The molecule has 0 saturated carbocycles. The first-order valence-corrected chi connectivity index (χ1v) is 9.15. The lowest BCUT2D eigenvalue weighted by molar-refractivity contribution is -0.384. The average molecular weight is 377 g/mol. The van der Waals surface area contributed by atoms with Crippen LogP contribution in [0.2, 0.25) is 0 Å². The van der Waals surface area contributed by atoms with E-state index in [-0.39, 0.29) is 5.69 Å². The SMILES string of the molecule is O=[N+]([O-])c1ccc(NCCNCc2ccc(OCc3ccccc3)cc2)cc1. The Labute approximate surface area is 164 Å². The molecule has 0 bridgehead atoms. The Morgan fingerprint density at radius 3 is 2.21 bits per heavy atom. The molecule has 144 valence electrons. The van der Waals surface area contributed by atoms with Gasteiger partial charge in [0, 0.05) is 37.5 Å². The van der Waals surface area contributed by atoms with E-state index in [0.29, 0.717) is 6.61 Å². The molecule has 0 fully saturated rings. The van der Waals surface area contributed by atoms with Gasteiger partial charge in [-0.1, -0.05) is 42.5 Å². The quantitative estimate of drug-likeness (QED) is 0.312. The van der Waals surface area contributed by atoms with E-state index in [9.17, 15) is 10.1 Å². The van der Waals surface area contributed by atoms with Gasteiger partial charge in [0.25, 0.3) is 5.69 Å². The minimum atomic E-state index is -0.399. The van der Waals surface area contributed by atoms with Crippen LogP contribution in [0.5, 0.6) is 5.75 Å². The van der Waals surface area contributed by atoms with Crippen LogP contribution in [0.15, 0.2) is 78.9 Å². The summed E-state index contributed by atoms with van der Waals surface area (Å²) in [6.07, 6.45) is 0. The lowest BCUT2D eigenvalue weighted by Crippen LogP contribution is -2.21. The van der Waals surface area contributed by atoms with Crippen LogP contribution in [0.1, 0.15) is 11.1 Å². The van der Waals surface area contributed by atoms with Gasteiger partial charge in [-0.3, -0.25) is 10.1 Å². The predicted molar refractivity (Wildman–Crippen MR) is 111 cm³/mol. The van der Waals surface area contributed by atoms with Crippen LogP contribution >= 0.6 is 0 Å². The molecule has 0 atom stereocenters. The summed E-state index contributed by atoms with van der Waals surface area (Å²) in [5.74, 6) is 0.854. The van der Waals surface area contributed by atoms with Gasteiger partial charge in [0.2, 0.25) is 0 Å². The highest BCUT2D eigenvalue weighted by molar-refractivity contribution is 5.48. The fourth-order valence-electron chi connectivity index (χ4n) is 2.67. The van der Waals surface area contributed by atoms with Crippen molar-refractivity contribution in [3.05, 3.63) is 100 Å². The second-order valence-corrected chi connectivity index (χ2v) is 6.33. The van der Waals surface area contributed by atoms with Crippen molar-refractivity contribution in [1.82, 2.24) is 5.32 Å². The zero-order valence-electron chi connectivity index (χ0n) is 15.5. The molecular formula is C22H23N3O3. The number of nitrogens with one attached hydrogen (secondary N) is 2. The summed E-state index contributed by atoms with van der Waals surface area (Å²) < 4.78 is 5.79. The number of hydrogen-bond acceptors (Lipinski definition) is 5. The van der Waals surface area contributed by atoms with E-state index >= 15 is 0 Å². The van der Waals surface area contributed by atoms with Crippen molar-refractivity contribution in [2.24, 2.45) is 0 Å². The number of non-ortho nitro benzene ring substituents is 1. The van der Waals surface area contributed by atoms with Gasteiger partial charge in [0.15, 0.2) is 0 Å². The lowest BCUT2D eigenvalue weighted by atomic mass is 10.2. The minimum Gasteiger partial charge on any atom is -0.489 e. The maximum atomic E-state index is 10.6. The Balaban J connectivity index is 1.34. The Morgan fingerprint density at radius 1 is 0.821 bits per heavy atom. The molecule has 3 rings (SSSR count). The van der Waals surface area contributed by atoms with Crippen molar-refractivity contribution < 1.29 is 9.66 Å². The van der Waals surface area contributed by atoms with E-state index in [1.54, 1.807) is 12.1 Å². The summed E-state index contributed by atoms with van der Waals surface area (Å²) in [5.41, 5.74) is 3.29. The fraction of sp³-hybridized carbons (Fsp3) is 0.182. The maximum absolute atomic E-state index is 10.6. The number of rotatable bonds is 10. The zero-order chi connectivity index (χ0) is 19.6. The molecule has 0 spiro atoms. The lowest BCUT2D eigenvalue weighted by Gasteiger charge is -2.09. The maximum Gasteiger partial charge on any atom is 0.269 e. The van der Waals surface area contributed by atoms with E-state index in [0.717, 1.165) is 36.6 Å². The normalized spacial score (nSPS) is 10.4. The van der Waals surface area contributed by atoms with Crippen LogP contribution < -0.4 is 15.4 Å². The number of nitrogens with zero attached hydrogens (tertiary/aromatic N) is 1. The first-order valence-electron chi connectivity index (χ1n) is 9.15. The molecule has 0 saturated heterocycles. The van der Waals surface area contributed by atoms with Crippen molar-refractivity contribution in [1.29, 1.82) is 0 Å². The summed E-state index contributed by atoms with van der Waals surface area (Å²) >= 11 is 0. The third kappa shape index (κ3) is 6.10. The minimum absolute atomic E-state index is 0.0971. The van der Waals surface area contributed by atoms with Gasteiger partial charge in [-0.15, -0.1) is 0 Å². The first-order chi connectivity index (χ1) is 13.7. The van der Waals surface area contributed by atoms with Crippen LogP contribution in [-0.2, 0) is 13.2 Å². The number of hydrogen-bond donors (Lipinski definition) is 2. The number of benzene rings is 3. The predicted octanol–water partition coefficient (Wildman–Crippen LogP) is 4.38. The van der Waals surface area contributed by atoms with Crippen LogP contribution in [0.4, 0.5) is 11.4 Å². The van der Waals surface area contributed by atoms with Gasteiger partial charge in [-0.25, -0.2) is 0 Å². The van der Waals surface area contributed by atoms with Gasteiger partial charge in [-0.2, -0.15) is 0 Å². The molecule has 0 radical (unpaired) electrons.